The summed E-state index contributed by atoms with van der Waals surface area (Å²) < 4.78 is 6.96. The Labute approximate surface area is 157 Å². The van der Waals surface area contributed by atoms with Crippen LogP contribution >= 0.6 is 22.6 Å². The monoisotopic (exact) mass is 437 g/mol. The molecule has 1 N–H and O–H groups in total. The lowest BCUT2D eigenvalue weighted by Gasteiger charge is -2.15. The molecule has 0 aliphatic carbocycles. The highest BCUT2D eigenvalue weighted by Crippen LogP contribution is 2.27. The van der Waals surface area contributed by atoms with E-state index in [0.717, 1.165) is 34.5 Å². The van der Waals surface area contributed by atoms with Crippen molar-refractivity contribution in [3.8, 4) is 5.75 Å². The Kier molecular flexibility index (Phi) is 6.66. The van der Waals surface area contributed by atoms with Gasteiger partial charge < -0.3 is 10.1 Å². The van der Waals surface area contributed by atoms with E-state index in [-0.39, 0.29) is 12.5 Å². The van der Waals surface area contributed by atoms with Gasteiger partial charge in [-0.25, -0.2) is 0 Å². The van der Waals surface area contributed by atoms with E-state index >= 15 is 0 Å². The lowest BCUT2D eigenvalue weighted by molar-refractivity contribution is -0.118. The van der Waals surface area contributed by atoms with Crippen molar-refractivity contribution in [1.82, 2.24) is 0 Å². The molecule has 3 nitrogen and oxygen atoms in total. The first-order chi connectivity index (χ1) is 11.4. The van der Waals surface area contributed by atoms with Crippen molar-refractivity contribution in [3.05, 3.63) is 56.7 Å². The quantitative estimate of drug-likeness (QED) is 0.623. The first-order valence-electron chi connectivity index (χ1n) is 8.22. The molecule has 2 aromatic carbocycles. The first kappa shape index (κ1) is 18.8. The maximum atomic E-state index is 12.3. The van der Waals surface area contributed by atoms with Crippen LogP contribution in [0.5, 0.6) is 5.75 Å². The third kappa shape index (κ3) is 4.97. The summed E-state index contributed by atoms with van der Waals surface area (Å²) in [5.74, 6) is 1.01. The molecule has 0 saturated carbocycles. The summed E-state index contributed by atoms with van der Waals surface area (Å²) in [6.07, 6.45) is 0.878. The number of amides is 1. The Morgan fingerprint density at radius 2 is 1.96 bits per heavy atom. The van der Waals surface area contributed by atoms with Gasteiger partial charge in [0.05, 0.1) is 0 Å². The fourth-order valence-electron chi connectivity index (χ4n) is 2.55. The summed E-state index contributed by atoms with van der Waals surface area (Å²) in [6, 6.07) is 12.2. The molecule has 2 rings (SSSR count). The second kappa shape index (κ2) is 8.51. The van der Waals surface area contributed by atoms with E-state index in [9.17, 15) is 4.79 Å². The molecule has 0 aliphatic heterocycles. The van der Waals surface area contributed by atoms with Gasteiger partial charge in [0.1, 0.15) is 5.75 Å². The van der Waals surface area contributed by atoms with Crippen LogP contribution in [-0.2, 0) is 11.2 Å². The van der Waals surface area contributed by atoms with Crippen molar-refractivity contribution >= 4 is 34.2 Å². The third-order valence-corrected chi connectivity index (χ3v) is 4.54. The minimum absolute atomic E-state index is 0.0122. The van der Waals surface area contributed by atoms with E-state index in [1.807, 2.05) is 25.1 Å². The fourth-order valence-corrected chi connectivity index (χ4v) is 3.11. The Hall–Kier alpha value is -1.56. The number of halogens is 1. The molecule has 0 aliphatic rings. The molecule has 4 heteroatoms. The maximum Gasteiger partial charge on any atom is 0.262 e. The molecule has 0 spiro atoms. The summed E-state index contributed by atoms with van der Waals surface area (Å²) in [6.45, 7) is 8.36. The predicted octanol–water partition coefficient (Wildman–Crippen LogP) is 5.30. The molecule has 0 heterocycles. The zero-order chi connectivity index (χ0) is 17.7. The average Bonchev–Trinajstić information content (AvgIpc) is 2.54. The topological polar surface area (TPSA) is 38.3 Å². The Morgan fingerprint density at radius 1 is 1.21 bits per heavy atom. The van der Waals surface area contributed by atoms with Crippen LogP contribution in [0.1, 0.15) is 43.4 Å². The molecule has 128 valence electrons. The van der Waals surface area contributed by atoms with Gasteiger partial charge in [-0.2, -0.15) is 0 Å². The van der Waals surface area contributed by atoms with Crippen molar-refractivity contribution in [1.29, 1.82) is 0 Å². The van der Waals surface area contributed by atoms with Crippen LogP contribution in [0, 0.1) is 10.5 Å². The van der Waals surface area contributed by atoms with E-state index < -0.39 is 0 Å². The number of hydrogen-bond donors (Lipinski definition) is 1. The third-order valence-electron chi connectivity index (χ3n) is 3.87. The molecule has 1 amide bonds. The minimum atomic E-state index is -0.137. The lowest BCUT2D eigenvalue weighted by Crippen LogP contribution is -2.21. The first-order valence-corrected chi connectivity index (χ1v) is 9.30. The van der Waals surface area contributed by atoms with Crippen LogP contribution in [-0.4, -0.2) is 12.5 Å². The number of hydrogen-bond acceptors (Lipinski definition) is 2. The van der Waals surface area contributed by atoms with Crippen LogP contribution in [0.15, 0.2) is 36.4 Å². The van der Waals surface area contributed by atoms with E-state index in [1.54, 1.807) is 0 Å². The highest BCUT2D eigenvalue weighted by Gasteiger charge is 2.11. The summed E-state index contributed by atoms with van der Waals surface area (Å²) in [5.41, 5.74) is 4.24. The van der Waals surface area contributed by atoms with Crippen molar-refractivity contribution in [2.45, 2.75) is 40.0 Å². The van der Waals surface area contributed by atoms with Crippen molar-refractivity contribution in [2.24, 2.45) is 0 Å². The summed E-state index contributed by atoms with van der Waals surface area (Å²) in [4.78, 5) is 12.3. The van der Waals surface area contributed by atoms with Gasteiger partial charge in [0.25, 0.3) is 5.91 Å². The molecule has 0 atom stereocenters. The van der Waals surface area contributed by atoms with E-state index in [2.05, 4.69) is 66.9 Å². The molecule has 24 heavy (non-hydrogen) atoms. The molecule has 0 aromatic heterocycles. The van der Waals surface area contributed by atoms with Gasteiger partial charge in [-0.05, 0) is 82.8 Å². The molecule has 0 saturated heterocycles. The standard InChI is InChI=1S/C20H24INO2/c1-5-15-11-16(21)7-9-18(15)22-20(23)12-24-19-10-14(4)6-8-17(19)13(2)3/h6-11,13H,5,12H2,1-4H3,(H,22,23). The largest absolute Gasteiger partial charge is 0.483 e. The maximum absolute atomic E-state index is 12.3. The number of ether oxygens (including phenoxy) is 1. The Balaban J connectivity index is 2.05. The van der Waals surface area contributed by atoms with Crippen LogP contribution in [0.4, 0.5) is 5.69 Å². The number of benzene rings is 2. The average molecular weight is 437 g/mol. The van der Waals surface area contributed by atoms with Gasteiger partial charge in [-0.15, -0.1) is 0 Å². The highest BCUT2D eigenvalue weighted by molar-refractivity contribution is 14.1. The van der Waals surface area contributed by atoms with E-state index in [4.69, 9.17) is 4.74 Å². The zero-order valence-corrected chi connectivity index (χ0v) is 16.8. The number of rotatable bonds is 6. The molecular formula is C20H24INO2. The predicted molar refractivity (Wildman–Crippen MR) is 108 cm³/mol. The van der Waals surface area contributed by atoms with Gasteiger partial charge in [0.15, 0.2) is 6.61 Å². The number of anilines is 1. The molecular weight excluding hydrogens is 413 g/mol. The van der Waals surface area contributed by atoms with Crippen molar-refractivity contribution in [3.63, 3.8) is 0 Å². The van der Waals surface area contributed by atoms with Gasteiger partial charge in [-0.3, -0.25) is 4.79 Å². The normalized spacial score (nSPS) is 10.8. The molecule has 0 radical (unpaired) electrons. The smallest absolute Gasteiger partial charge is 0.262 e. The van der Waals surface area contributed by atoms with Crippen LogP contribution in [0.25, 0.3) is 0 Å². The molecule has 0 fully saturated rings. The number of aryl methyl sites for hydroxylation is 2. The second-order valence-electron chi connectivity index (χ2n) is 6.19. The fraction of sp³-hybridized carbons (Fsp3) is 0.350. The highest BCUT2D eigenvalue weighted by atomic mass is 127. The summed E-state index contributed by atoms with van der Waals surface area (Å²) in [5, 5.41) is 2.95. The second-order valence-corrected chi connectivity index (χ2v) is 7.43. The van der Waals surface area contributed by atoms with Crippen LogP contribution in [0.3, 0.4) is 0 Å². The van der Waals surface area contributed by atoms with E-state index in [0.29, 0.717) is 5.92 Å². The van der Waals surface area contributed by atoms with Gasteiger partial charge in [0, 0.05) is 9.26 Å². The number of carbonyl (C=O) groups is 1. The summed E-state index contributed by atoms with van der Waals surface area (Å²) >= 11 is 2.28. The summed E-state index contributed by atoms with van der Waals surface area (Å²) in [7, 11) is 0. The zero-order valence-electron chi connectivity index (χ0n) is 14.7. The Bertz CT molecular complexity index is 726. The van der Waals surface area contributed by atoms with E-state index in [1.165, 1.54) is 3.57 Å². The van der Waals surface area contributed by atoms with Gasteiger partial charge >= 0.3 is 0 Å². The van der Waals surface area contributed by atoms with Crippen LogP contribution < -0.4 is 10.1 Å². The van der Waals surface area contributed by atoms with Gasteiger partial charge in [0.2, 0.25) is 0 Å². The van der Waals surface area contributed by atoms with Gasteiger partial charge in [-0.1, -0.05) is 32.9 Å². The Morgan fingerprint density at radius 3 is 2.62 bits per heavy atom. The lowest BCUT2D eigenvalue weighted by atomic mass is 10.0. The number of nitrogens with one attached hydrogen (secondary N) is 1. The van der Waals surface area contributed by atoms with Crippen molar-refractivity contribution < 1.29 is 9.53 Å². The van der Waals surface area contributed by atoms with Crippen molar-refractivity contribution in [2.75, 3.05) is 11.9 Å². The van der Waals surface area contributed by atoms with Crippen LogP contribution in [0.2, 0.25) is 0 Å². The molecule has 0 unspecified atom stereocenters. The molecule has 0 bridgehead atoms. The minimum Gasteiger partial charge on any atom is -0.483 e. The number of carbonyl (C=O) groups excluding carboxylic acids is 1. The molecule has 2 aromatic rings. The SMILES string of the molecule is CCc1cc(I)ccc1NC(=O)COc1cc(C)ccc1C(C)C.